The summed E-state index contributed by atoms with van der Waals surface area (Å²) >= 11 is 0. The van der Waals surface area contributed by atoms with Gasteiger partial charge in [0.25, 0.3) is 0 Å². The third-order valence-electron chi connectivity index (χ3n) is 6.46. The van der Waals surface area contributed by atoms with Gasteiger partial charge in [0.2, 0.25) is 0 Å². The lowest BCUT2D eigenvalue weighted by Crippen LogP contribution is -2.35. The standard InChI is InChI=1S/C21H34O4/c1-23-15-19(22)16-25-20-6-11-21(12-7-20)9-4-17(5-10-21)2-3-18-8-13-24-14-18/h8,13-14,17,19-20,22H,2-7,9-12,15-16H2,1H3. The van der Waals surface area contributed by atoms with Crippen molar-refractivity contribution in [2.24, 2.45) is 11.3 Å². The summed E-state index contributed by atoms with van der Waals surface area (Å²) in [5.41, 5.74) is 1.92. The quantitative estimate of drug-likeness (QED) is 0.757. The Hall–Kier alpha value is -0.840. The van der Waals surface area contributed by atoms with Crippen LogP contribution in [0, 0.1) is 11.3 Å². The zero-order chi connectivity index (χ0) is 17.5. The Labute approximate surface area is 151 Å². The molecule has 1 spiro atoms. The van der Waals surface area contributed by atoms with Crippen molar-refractivity contribution in [2.75, 3.05) is 20.3 Å². The van der Waals surface area contributed by atoms with Gasteiger partial charge in [-0.1, -0.05) is 0 Å². The minimum absolute atomic E-state index is 0.330. The molecule has 1 unspecified atom stereocenters. The van der Waals surface area contributed by atoms with E-state index in [9.17, 15) is 5.11 Å². The van der Waals surface area contributed by atoms with Crippen LogP contribution in [0.15, 0.2) is 23.0 Å². The Kier molecular flexibility index (Phi) is 6.97. The number of aliphatic hydroxyl groups is 1. The first-order valence-corrected chi connectivity index (χ1v) is 9.99. The highest BCUT2D eigenvalue weighted by molar-refractivity contribution is 5.05. The van der Waals surface area contributed by atoms with Gasteiger partial charge in [-0.25, -0.2) is 0 Å². The summed E-state index contributed by atoms with van der Waals surface area (Å²) < 4.78 is 16.0. The smallest absolute Gasteiger partial charge is 0.101 e. The maximum Gasteiger partial charge on any atom is 0.101 e. The van der Waals surface area contributed by atoms with Crippen LogP contribution in [0.5, 0.6) is 0 Å². The largest absolute Gasteiger partial charge is 0.472 e. The molecule has 1 aromatic rings. The number of hydrogen-bond acceptors (Lipinski definition) is 4. The molecule has 2 fully saturated rings. The molecular formula is C21H34O4. The molecule has 4 nitrogen and oxygen atoms in total. The third kappa shape index (κ3) is 5.57. The molecule has 0 radical (unpaired) electrons. The second kappa shape index (κ2) is 9.20. The van der Waals surface area contributed by atoms with Crippen molar-refractivity contribution in [3.63, 3.8) is 0 Å². The number of aliphatic hydroxyl groups excluding tert-OH is 1. The van der Waals surface area contributed by atoms with Crippen LogP contribution in [-0.4, -0.2) is 37.6 Å². The van der Waals surface area contributed by atoms with E-state index in [0.717, 1.165) is 25.2 Å². The molecule has 1 heterocycles. The van der Waals surface area contributed by atoms with E-state index in [1.54, 1.807) is 13.4 Å². The van der Waals surface area contributed by atoms with E-state index in [0.29, 0.717) is 24.7 Å². The lowest BCUT2D eigenvalue weighted by molar-refractivity contribution is -0.0639. The van der Waals surface area contributed by atoms with Crippen molar-refractivity contribution in [3.8, 4) is 0 Å². The lowest BCUT2D eigenvalue weighted by Gasteiger charge is -2.45. The molecule has 142 valence electrons. The minimum atomic E-state index is -0.494. The number of hydrogen-bond donors (Lipinski definition) is 1. The summed E-state index contributed by atoms with van der Waals surface area (Å²) in [5, 5.41) is 9.71. The van der Waals surface area contributed by atoms with Gasteiger partial charge in [0.1, 0.15) is 6.10 Å². The van der Waals surface area contributed by atoms with Gasteiger partial charge in [-0.2, -0.15) is 0 Å². The Morgan fingerprint density at radius 2 is 1.88 bits per heavy atom. The summed E-state index contributed by atoms with van der Waals surface area (Å²) in [4.78, 5) is 0. The van der Waals surface area contributed by atoms with E-state index in [1.807, 2.05) is 6.26 Å². The molecule has 3 rings (SSSR count). The number of rotatable bonds is 8. The average molecular weight is 350 g/mol. The lowest BCUT2D eigenvalue weighted by atomic mass is 9.62. The van der Waals surface area contributed by atoms with Crippen LogP contribution >= 0.6 is 0 Å². The highest BCUT2D eigenvalue weighted by Gasteiger charge is 2.38. The zero-order valence-electron chi connectivity index (χ0n) is 15.6. The highest BCUT2D eigenvalue weighted by atomic mass is 16.5. The number of aryl methyl sites for hydroxylation is 1. The molecular weight excluding hydrogens is 316 g/mol. The summed E-state index contributed by atoms with van der Waals surface area (Å²) in [6.45, 7) is 0.762. The Bertz CT molecular complexity index is 466. The second-order valence-electron chi connectivity index (χ2n) is 8.26. The molecule has 2 aliphatic carbocycles. The third-order valence-corrected chi connectivity index (χ3v) is 6.46. The maximum absolute atomic E-state index is 9.71. The Balaban J connectivity index is 1.34. The molecule has 1 N–H and O–H groups in total. The predicted octanol–water partition coefficient (Wildman–Crippen LogP) is 4.36. The predicted molar refractivity (Wildman–Crippen MR) is 97.5 cm³/mol. The van der Waals surface area contributed by atoms with E-state index >= 15 is 0 Å². The van der Waals surface area contributed by atoms with Gasteiger partial charge >= 0.3 is 0 Å². The van der Waals surface area contributed by atoms with Gasteiger partial charge in [0.05, 0.1) is 31.8 Å². The molecule has 25 heavy (non-hydrogen) atoms. The van der Waals surface area contributed by atoms with E-state index in [2.05, 4.69) is 6.07 Å². The average Bonchev–Trinajstić information content (AvgIpc) is 3.15. The van der Waals surface area contributed by atoms with Crippen LogP contribution in [0.3, 0.4) is 0 Å². The van der Waals surface area contributed by atoms with Crippen molar-refractivity contribution >= 4 is 0 Å². The Morgan fingerprint density at radius 3 is 2.52 bits per heavy atom. The number of furan rings is 1. The summed E-state index contributed by atoms with van der Waals surface area (Å²) in [5.74, 6) is 0.888. The van der Waals surface area contributed by atoms with Crippen molar-refractivity contribution < 1.29 is 19.0 Å². The van der Waals surface area contributed by atoms with Gasteiger partial charge in [-0.15, -0.1) is 0 Å². The normalized spacial score (nSPS) is 31.3. The first kappa shape index (κ1) is 18.9. The SMILES string of the molecule is COCC(O)COC1CCC2(CCC(CCc3ccoc3)CC2)CC1. The van der Waals surface area contributed by atoms with Gasteiger partial charge in [-0.3, -0.25) is 0 Å². The molecule has 0 amide bonds. The van der Waals surface area contributed by atoms with Gasteiger partial charge in [-0.05, 0) is 87.2 Å². The molecule has 0 aromatic carbocycles. The fraction of sp³-hybridized carbons (Fsp3) is 0.810. The van der Waals surface area contributed by atoms with E-state index in [1.165, 1.54) is 50.5 Å². The van der Waals surface area contributed by atoms with Crippen LogP contribution < -0.4 is 0 Å². The maximum atomic E-state index is 9.71. The fourth-order valence-electron chi connectivity index (χ4n) is 4.74. The fourth-order valence-corrected chi connectivity index (χ4v) is 4.74. The highest BCUT2D eigenvalue weighted by Crippen LogP contribution is 2.49. The monoisotopic (exact) mass is 350 g/mol. The molecule has 0 aliphatic heterocycles. The first-order chi connectivity index (χ1) is 12.2. The summed E-state index contributed by atoms with van der Waals surface area (Å²) in [6, 6.07) is 2.09. The van der Waals surface area contributed by atoms with Gasteiger partial charge in [0, 0.05) is 7.11 Å². The summed E-state index contributed by atoms with van der Waals surface area (Å²) in [7, 11) is 1.61. The molecule has 0 saturated heterocycles. The second-order valence-corrected chi connectivity index (χ2v) is 8.26. The van der Waals surface area contributed by atoms with E-state index in [4.69, 9.17) is 13.9 Å². The zero-order valence-corrected chi connectivity index (χ0v) is 15.6. The first-order valence-electron chi connectivity index (χ1n) is 9.99. The molecule has 0 bridgehead atoms. The van der Waals surface area contributed by atoms with Crippen LogP contribution in [0.2, 0.25) is 0 Å². The van der Waals surface area contributed by atoms with Crippen molar-refractivity contribution in [1.29, 1.82) is 0 Å². The minimum Gasteiger partial charge on any atom is -0.472 e. The van der Waals surface area contributed by atoms with Crippen molar-refractivity contribution in [3.05, 3.63) is 24.2 Å². The van der Waals surface area contributed by atoms with Gasteiger partial charge < -0.3 is 19.0 Å². The molecule has 1 aromatic heterocycles. The van der Waals surface area contributed by atoms with E-state index in [-0.39, 0.29) is 0 Å². The Morgan fingerprint density at radius 1 is 1.16 bits per heavy atom. The van der Waals surface area contributed by atoms with Crippen molar-refractivity contribution in [1.82, 2.24) is 0 Å². The molecule has 2 saturated carbocycles. The molecule has 1 atom stereocenters. The van der Waals surface area contributed by atoms with Crippen LogP contribution in [-0.2, 0) is 15.9 Å². The van der Waals surface area contributed by atoms with Gasteiger partial charge in [0.15, 0.2) is 0 Å². The van der Waals surface area contributed by atoms with E-state index < -0.39 is 6.10 Å². The van der Waals surface area contributed by atoms with Crippen LogP contribution in [0.4, 0.5) is 0 Å². The van der Waals surface area contributed by atoms with Crippen LogP contribution in [0.1, 0.15) is 63.4 Å². The topological polar surface area (TPSA) is 51.8 Å². The molecule has 4 heteroatoms. The molecule has 2 aliphatic rings. The van der Waals surface area contributed by atoms with Crippen LogP contribution in [0.25, 0.3) is 0 Å². The summed E-state index contributed by atoms with van der Waals surface area (Å²) in [6.07, 6.45) is 16.4. The number of methoxy groups -OCH3 is 1. The number of ether oxygens (including phenoxy) is 2. The van der Waals surface area contributed by atoms with Crippen molar-refractivity contribution in [2.45, 2.75) is 76.4 Å².